The molecule has 3 aromatic carbocycles. The first kappa shape index (κ1) is 30.0. The fourth-order valence-corrected chi connectivity index (χ4v) is 6.15. The third-order valence-corrected chi connectivity index (χ3v) is 8.53. The summed E-state index contributed by atoms with van der Waals surface area (Å²) >= 11 is 0. The lowest BCUT2D eigenvalue weighted by atomic mass is 9.88. The second-order valence-electron chi connectivity index (χ2n) is 9.96. The smallest absolute Gasteiger partial charge is 0.453 e. The molecule has 0 fully saturated rings. The Morgan fingerprint density at radius 1 is 0.725 bits per heavy atom. The van der Waals surface area contributed by atoms with Crippen LogP contribution in [0.2, 0.25) is 0 Å². The highest BCUT2D eigenvalue weighted by Gasteiger charge is 2.56. The number of aryl methyl sites for hydroxylation is 1. The molecule has 0 bridgehead atoms. The van der Waals surface area contributed by atoms with Crippen molar-refractivity contribution in [2.24, 2.45) is 0 Å². The van der Waals surface area contributed by atoms with Crippen molar-refractivity contribution in [1.82, 2.24) is 0 Å². The van der Waals surface area contributed by atoms with Crippen LogP contribution < -0.4 is 4.74 Å². The summed E-state index contributed by atoms with van der Waals surface area (Å²) < 4.78 is 80.4. The Morgan fingerprint density at radius 3 is 2.12 bits per heavy atom. The Bertz CT molecular complexity index is 1300. The Labute approximate surface area is 234 Å². The second-order valence-corrected chi connectivity index (χ2v) is 11.7. The molecule has 40 heavy (non-hydrogen) atoms. The minimum absolute atomic E-state index is 0.169. The van der Waals surface area contributed by atoms with Crippen molar-refractivity contribution in [2.45, 2.75) is 57.0 Å². The van der Waals surface area contributed by atoms with Gasteiger partial charge in [0.2, 0.25) is 0 Å². The number of unbranched alkanes of at least 4 members (excludes halogenated alkanes) is 1. The van der Waals surface area contributed by atoms with Gasteiger partial charge in [-0.05, 0) is 84.1 Å². The van der Waals surface area contributed by atoms with Gasteiger partial charge in [0.15, 0.2) is 0 Å². The van der Waals surface area contributed by atoms with Crippen molar-refractivity contribution in [3.8, 4) is 5.75 Å². The van der Waals surface area contributed by atoms with E-state index < -0.39 is 35.7 Å². The van der Waals surface area contributed by atoms with E-state index in [4.69, 9.17) is 4.74 Å². The molecule has 0 heterocycles. The summed E-state index contributed by atoms with van der Waals surface area (Å²) in [6.45, 7) is 0.392. The summed E-state index contributed by atoms with van der Waals surface area (Å²) in [7, 11) is -1.44. The molecule has 3 aromatic rings. The molecular weight excluding hydrogens is 543 g/mol. The van der Waals surface area contributed by atoms with Crippen molar-refractivity contribution in [3.63, 3.8) is 0 Å². The van der Waals surface area contributed by atoms with Gasteiger partial charge in [0.1, 0.15) is 5.75 Å². The molecule has 1 atom stereocenters. The van der Waals surface area contributed by atoms with Crippen LogP contribution in [0.4, 0.5) is 22.0 Å². The van der Waals surface area contributed by atoms with Crippen LogP contribution >= 0.6 is 0 Å². The Hall–Kier alpha value is -3.00. The molecule has 1 aliphatic rings. The zero-order chi connectivity index (χ0) is 28.6. The molecule has 0 radical (unpaired) electrons. The normalized spacial score (nSPS) is 14.9. The van der Waals surface area contributed by atoms with Gasteiger partial charge in [-0.2, -0.15) is 22.0 Å². The number of halogens is 5. The number of ether oxygens (including phenoxy) is 1. The molecule has 0 saturated carbocycles. The number of hydrogen-bond acceptors (Lipinski definition) is 2. The van der Waals surface area contributed by atoms with Gasteiger partial charge >= 0.3 is 12.1 Å². The van der Waals surface area contributed by atoms with Gasteiger partial charge in [0.25, 0.3) is 0 Å². The molecule has 4 rings (SSSR count). The van der Waals surface area contributed by atoms with Crippen LogP contribution in [0.3, 0.4) is 0 Å². The van der Waals surface area contributed by atoms with E-state index >= 15 is 0 Å². The molecule has 8 heteroatoms. The molecule has 214 valence electrons. The monoisotopic (exact) mass is 576 g/mol. The standard InChI is InChI=1S/C32H33F5O2S/c33-31(34,32(35,36)37)20-9-23-40(38)22-7-6-21-39-27-18-16-26(17-19-27)30-28-14-5-4-12-25(28)13-8-15-29(30)24-10-2-1-3-11-24/h1-5,10-12,14,16-19H,6-9,13,15,20-23H2. The fourth-order valence-electron chi connectivity index (χ4n) is 4.96. The van der Waals surface area contributed by atoms with Crippen LogP contribution in [0.25, 0.3) is 11.1 Å². The molecule has 0 aliphatic heterocycles. The van der Waals surface area contributed by atoms with Crippen molar-refractivity contribution in [3.05, 3.63) is 101 Å². The van der Waals surface area contributed by atoms with Crippen LogP contribution in [0.5, 0.6) is 5.75 Å². The molecule has 0 aromatic heterocycles. The molecule has 2 nitrogen and oxygen atoms in total. The van der Waals surface area contributed by atoms with Crippen molar-refractivity contribution < 1.29 is 30.9 Å². The summed E-state index contributed by atoms with van der Waals surface area (Å²) in [4.78, 5) is 0. The van der Waals surface area contributed by atoms with E-state index in [-0.39, 0.29) is 11.5 Å². The zero-order valence-electron chi connectivity index (χ0n) is 22.2. The molecule has 1 aliphatic carbocycles. The molecule has 0 N–H and O–H groups in total. The van der Waals surface area contributed by atoms with E-state index in [1.165, 1.54) is 27.8 Å². The van der Waals surface area contributed by atoms with Crippen LogP contribution in [-0.4, -0.2) is 34.4 Å². The zero-order valence-corrected chi connectivity index (χ0v) is 23.0. The van der Waals surface area contributed by atoms with E-state index in [9.17, 15) is 26.2 Å². The SMILES string of the molecule is O=S(CCCCOc1ccc(C2=C(c3ccccc3)CCCc3ccccc32)cc1)CCCC(F)(F)C(F)(F)F. The maximum absolute atomic E-state index is 13.0. The van der Waals surface area contributed by atoms with Crippen LogP contribution in [-0.2, 0) is 17.2 Å². The maximum Gasteiger partial charge on any atom is 0.453 e. The van der Waals surface area contributed by atoms with Gasteiger partial charge in [0.05, 0.1) is 6.61 Å². The highest BCUT2D eigenvalue weighted by molar-refractivity contribution is 7.84. The Balaban J connectivity index is 1.32. The minimum atomic E-state index is -5.56. The van der Waals surface area contributed by atoms with E-state index in [0.29, 0.717) is 25.2 Å². The largest absolute Gasteiger partial charge is 0.494 e. The molecule has 0 saturated heterocycles. The third kappa shape index (κ3) is 7.80. The summed E-state index contributed by atoms with van der Waals surface area (Å²) in [6, 6.07) is 27.1. The summed E-state index contributed by atoms with van der Waals surface area (Å²) in [5.41, 5.74) is 7.50. The third-order valence-electron chi connectivity index (χ3n) is 7.04. The number of alkyl halides is 5. The lowest BCUT2D eigenvalue weighted by Crippen LogP contribution is -2.36. The first-order chi connectivity index (χ1) is 19.2. The summed E-state index contributed by atoms with van der Waals surface area (Å²) in [5, 5.41) is 0. The molecule has 0 amide bonds. The lowest BCUT2D eigenvalue weighted by Gasteiger charge is -2.19. The molecule has 0 spiro atoms. The quantitative estimate of drug-likeness (QED) is 0.159. The van der Waals surface area contributed by atoms with Crippen molar-refractivity contribution in [1.29, 1.82) is 0 Å². The topological polar surface area (TPSA) is 26.3 Å². The molecule has 1 unspecified atom stereocenters. The maximum atomic E-state index is 13.0. The predicted octanol–water partition coefficient (Wildman–Crippen LogP) is 8.87. The van der Waals surface area contributed by atoms with Crippen LogP contribution in [0, 0.1) is 0 Å². The van der Waals surface area contributed by atoms with Crippen molar-refractivity contribution in [2.75, 3.05) is 18.1 Å². The summed E-state index contributed by atoms with van der Waals surface area (Å²) in [6.07, 6.45) is -3.11. The van der Waals surface area contributed by atoms with Gasteiger partial charge in [0, 0.05) is 28.7 Å². The van der Waals surface area contributed by atoms with Crippen LogP contribution in [0.15, 0.2) is 78.9 Å². The van der Waals surface area contributed by atoms with E-state index in [0.717, 1.165) is 24.8 Å². The van der Waals surface area contributed by atoms with E-state index in [2.05, 4.69) is 60.7 Å². The average Bonchev–Trinajstić information content (AvgIpc) is 3.13. The first-order valence-corrected chi connectivity index (χ1v) is 15.0. The van der Waals surface area contributed by atoms with E-state index in [1.807, 2.05) is 18.2 Å². The number of rotatable bonds is 12. The predicted molar refractivity (Wildman–Crippen MR) is 151 cm³/mol. The van der Waals surface area contributed by atoms with Crippen LogP contribution in [0.1, 0.15) is 60.8 Å². The van der Waals surface area contributed by atoms with Gasteiger partial charge < -0.3 is 4.74 Å². The van der Waals surface area contributed by atoms with Gasteiger partial charge in [-0.25, -0.2) is 0 Å². The highest BCUT2D eigenvalue weighted by atomic mass is 32.2. The number of fused-ring (bicyclic) bond motifs is 1. The highest BCUT2D eigenvalue weighted by Crippen LogP contribution is 2.40. The number of benzene rings is 3. The van der Waals surface area contributed by atoms with Gasteiger partial charge in [-0.15, -0.1) is 0 Å². The van der Waals surface area contributed by atoms with Gasteiger partial charge in [-0.3, -0.25) is 4.21 Å². The average molecular weight is 577 g/mol. The minimum Gasteiger partial charge on any atom is -0.494 e. The van der Waals surface area contributed by atoms with E-state index in [1.54, 1.807) is 0 Å². The number of allylic oxidation sites excluding steroid dienone is 1. The Kier molecular flexibility index (Phi) is 10.2. The first-order valence-electron chi connectivity index (χ1n) is 13.6. The summed E-state index contributed by atoms with van der Waals surface area (Å²) in [5.74, 6) is -3.95. The van der Waals surface area contributed by atoms with Gasteiger partial charge in [-0.1, -0.05) is 66.7 Å². The Morgan fingerprint density at radius 2 is 1.40 bits per heavy atom. The fraction of sp³-hybridized carbons (Fsp3) is 0.375. The lowest BCUT2D eigenvalue weighted by molar-refractivity contribution is -0.284. The molecular formula is C32H33F5O2S. The van der Waals surface area contributed by atoms with Crippen molar-refractivity contribution >= 4 is 21.9 Å². The number of hydrogen-bond donors (Lipinski definition) is 0. The second kappa shape index (κ2) is 13.6.